The minimum Gasteiger partial charge on any atom is -0.365 e. The standard InChI is InChI=1S/C24H28FN3O5S/c1-34(31,32)27-14-12-24(13-15-27)18-26(16-19-6-3-2-4-7-19)17-20(33-24)10-11-21-22(25)8-5-9-23(21)28(29)30/h2-11,20H,12-18H2,1H3. The fourth-order valence-corrected chi connectivity index (χ4v) is 5.58. The van der Waals surface area contributed by atoms with Gasteiger partial charge in [0.05, 0.1) is 28.4 Å². The number of sulfonamides is 1. The molecule has 182 valence electrons. The lowest BCUT2D eigenvalue weighted by Crippen LogP contribution is -2.59. The molecule has 0 radical (unpaired) electrons. The van der Waals surface area contributed by atoms with E-state index in [2.05, 4.69) is 4.90 Å². The van der Waals surface area contributed by atoms with Crippen LogP contribution in [0.3, 0.4) is 0 Å². The van der Waals surface area contributed by atoms with Crippen molar-refractivity contribution in [3.05, 3.63) is 81.7 Å². The van der Waals surface area contributed by atoms with Gasteiger partial charge in [-0.3, -0.25) is 15.0 Å². The van der Waals surface area contributed by atoms with Crippen LogP contribution in [-0.2, 0) is 21.3 Å². The number of hydrogen-bond donors (Lipinski definition) is 0. The Kier molecular flexibility index (Phi) is 7.13. The second-order valence-corrected chi connectivity index (χ2v) is 10.9. The fourth-order valence-electron chi connectivity index (χ4n) is 4.74. The molecule has 2 fully saturated rings. The van der Waals surface area contributed by atoms with E-state index in [0.717, 1.165) is 5.56 Å². The van der Waals surface area contributed by atoms with Gasteiger partial charge in [-0.1, -0.05) is 42.5 Å². The van der Waals surface area contributed by atoms with E-state index in [1.165, 1.54) is 34.8 Å². The van der Waals surface area contributed by atoms with Gasteiger partial charge in [-0.15, -0.1) is 0 Å². The highest BCUT2D eigenvalue weighted by Crippen LogP contribution is 2.34. The molecule has 34 heavy (non-hydrogen) atoms. The summed E-state index contributed by atoms with van der Waals surface area (Å²) in [6.45, 7) is 2.60. The first-order chi connectivity index (χ1) is 16.2. The maximum Gasteiger partial charge on any atom is 0.279 e. The molecule has 0 aromatic heterocycles. The molecule has 2 aromatic carbocycles. The van der Waals surface area contributed by atoms with Crippen molar-refractivity contribution in [2.45, 2.75) is 31.1 Å². The molecule has 1 spiro atoms. The summed E-state index contributed by atoms with van der Waals surface area (Å²) in [7, 11) is -3.28. The van der Waals surface area contributed by atoms with Crippen LogP contribution in [0.15, 0.2) is 54.6 Å². The quantitative estimate of drug-likeness (QED) is 0.456. The SMILES string of the molecule is CS(=O)(=O)N1CCC2(CC1)CN(Cc1ccccc1)CC(C=Cc1c(F)cccc1[N+](=O)[O-])O2. The van der Waals surface area contributed by atoms with Crippen LogP contribution in [0.2, 0.25) is 0 Å². The topological polar surface area (TPSA) is 93.0 Å². The van der Waals surface area contributed by atoms with Gasteiger partial charge in [0.1, 0.15) is 5.82 Å². The van der Waals surface area contributed by atoms with E-state index in [9.17, 15) is 22.9 Å². The van der Waals surface area contributed by atoms with Crippen LogP contribution in [0.5, 0.6) is 0 Å². The predicted octanol–water partition coefficient (Wildman–Crippen LogP) is 3.44. The second kappa shape index (κ2) is 9.91. The Balaban J connectivity index is 1.58. The highest BCUT2D eigenvalue weighted by Gasteiger charge is 2.43. The number of ether oxygens (including phenoxy) is 1. The second-order valence-electron chi connectivity index (χ2n) is 8.95. The number of hydrogen-bond acceptors (Lipinski definition) is 6. The molecule has 8 nitrogen and oxygen atoms in total. The molecule has 4 rings (SSSR count). The summed E-state index contributed by atoms with van der Waals surface area (Å²) in [4.78, 5) is 13.0. The van der Waals surface area contributed by atoms with Crippen LogP contribution < -0.4 is 0 Å². The van der Waals surface area contributed by atoms with E-state index < -0.39 is 32.5 Å². The van der Waals surface area contributed by atoms with Gasteiger partial charge in [0.25, 0.3) is 5.69 Å². The van der Waals surface area contributed by atoms with Gasteiger partial charge >= 0.3 is 0 Å². The van der Waals surface area contributed by atoms with Crippen molar-refractivity contribution in [2.24, 2.45) is 0 Å². The van der Waals surface area contributed by atoms with Crippen LogP contribution in [0, 0.1) is 15.9 Å². The van der Waals surface area contributed by atoms with Gasteiger partial charge in [-0.2, -0.15) is 0 Å². The summed E-state index contributed by atoms with van der Waals surface area (Å²) in [5, 5.41) is 11.3. The largest absolute Gasteiger partial charge is 0.365 e. The van der Waals surface area contributed by atoms with Crippen LogP contribution in [-0.4, -0.2) is 66.7 Å². The zero-order chi connectivity index (χ0) is 24.3. The number of rotatable bonds is 6. The first kappa shape index (κ1) is 24.5. The molecule has 2 aromatic rings. The third kappa shape index (κ3) is 5.69. The number of benzene rings is 2. The van der Waals surface area contributed by atoms with E-state index in [-0.39, 0.29) is 11.3 Å². The molecule has 1 atom stereocenters. The Hall–Kier alpha value is -2.66. The van der Waals surface area contributed by atoms with Crippen molar-refractivity contribution in [3.8, 4) is 0 Å². The molecule has 1 unspecified atom stereocenters. The summed E-state index contributed by atoms with van der Waals surface area (Å²) < 4.78 is 46.2. The highest BCUT2D eigenvalue weighted by molar-refractivity contribution is 7.88. The van der Waals surface area contributed by atoms with Crippen molar-refractivity contribution in [1.29, 1.82) is 0 Å². The van der Waals surface area contributed by atoms with Crippen molar-refractivity contribution in [3.63, 3.8) is 0 Å². The molecule has 0 amide bonds. The zero-order valence-electron chi connectivity index (χ0n) is 19.0. The van der Waals surface area contributed by atoms with E-state index >= 15 is 0 Å². The highest BCUT2D eigenvalue weighted by atomic mass is 32.2. The molecule has 10 heteroatoms. The van der Waals surface area contributed by atoms with Gasteiger partial charge in [-0.05, 0) is 30.5 Å². The Morgan fingerprint density at radius 3 is 2.53 bits per heavy atom. The van der Waals surface area contributed by atoms with E-state index in [1.54, 1.807) is 6.08 Å². The average Bonchev–Trinajstić information content (AvgIpc) is 2.78. The molecular formula is C24H28FN3O5S. The maximum atomic E-state index is 14.4. The molecule has 0 saturated carbocycles. The molecular weight excluding hydrogens is 461 g/mol. The Morgan fingerprint density at radius 2 is 1.88 bits per heavy atom. The summed E-state index contributed by atoms with van der Waals surface area (Å²) >= 11 is 0. The van der Waals surface area contributed by atoms with Crippen molar-refractivity contribution >= 4 is 21.8 Å². The number of nitrogens with zero attached hydrogens (tertiary/aromatic N) is 3. The van der Waals surface area contributed by atoms with Gasteiger partial charge in [0.2, 0.25) is 10.0 Å². The Bertz CT molecular complexity index is 1160. The van der Waals surface area contributed by atoms with Gasteiger partial charge in [0, 0.05) is 38.8 Å². The predicted molar refractivity (Wildman–Crippen MR) is 127 cm³/mol. The molecule has 0 N–H and O–H groups in total. The van der Waals surface area contributed by atoms with E-state index in [1.807, 2.05) is 30.3 Å². The van der Waals surface area contributed by atoms with E-state index in [4.69, 9.17) is 4.74 Å². The Morgan fingerprint density at radius 1 is 1.18 bits per heavy atom. The molecule has 0 aliphatic carbocycles. The van der Waals surface area contributed by atoms with Crippen LogP contribution in [0.4, 0.5) is 10.1 Å². The lowest BCUT2D eigenvalue weighted by Gasteiger charge is -2.49. The maximum absolute atomic E-state index is 14.4. The minimum atomic E-state index is -3.28. The summed E-state index contributed by atoms with van der Waals surface area (Å²) in [6.07, 6.45) is 4.95. The molecule has 2 saturated heterocycles. The van der Waals surface area contributed by atoms with Crippen LogP contribution >= 0.6 is 0 Å². The van der Waals surface area contributed by atoms with Crippen molar-refractivity contribution in [1.82, 2.24) is 9.21 Å². The molecule has 2 aliphatic rings. The van der Waals surface area contributed by atoms with Crippen molar-refractivity contribution in [2.75, 3.05) is 32.4 Å². The smallest absolute Gasteiger partial charge is 0.279 e. The van der Waals surface area contributed by atoms with Gasteiger partial charge in [0.15, 0.2) is 0 Å². The third-order valence-corrected chi connectivity index (χ3v) is 7.71. The number of nitro groups is 1. The minimum absolute atomic E-state index is 0.0859. The first-order valence-electron chi connectivity index (χ1n) is 11.2. The average molecular weight is 490 g/mol. The summed E-state index contributed by atoms with van der Waals surface area (Å²) in [6, 6.07) is 13.8. The van der Waals surface area contributed by atoms with Crippen LogP contribution in [0.1, 0.15) is 24.0 Å². The van der Waals surface area contributed by atoms with Crippen molar-refractivity contribution < 1.29 is 22.5 Å². The lowest BCUT2D eigenvalue weighted by atomic mass is 9.89. The number of nitro benzene ring substituents is 1. The lowest BCUT2D eigenvalue weighted by molar-refractivity contribution is -0.385. The monoisotopic (exact) mass is 489 g/mol. The zero-order valence-corrected chi connectivity index (χ0v) is 19.8. The van der Waals surface area contributed by atoms with E-state index in [0.29, 0.717) is 45.6 Å². The number of morpholine rings is 1. The normalized spacial score (nSPS) is 21.8. The summed E-state index contributed by atoms with van der Waals surface area (Å²) in [5.74, 6) is -0.668. The van der Waals surface area contributed by atoms with Gasteiger partial charge in [-0.25, -0.2) is 17.1 Å². The molecule has 2 aliphatic heterocycles. The van der Waals surface area contributed by atoms with Gasteiger partial charge < -0.3 is 4.74 Å². The molecule has 2 heterocycles. The number of halogens is 1. The first-order valence-corrected chi connectivity index (χ1v) is 13.0. The molecule has 0 bridgehead atoms. The number of piperidine rings is 1. The summed E-state index contributed by atoms with van der Waals surface area (Å²) in [5.41, 5.74) is 0.201. The third-order valence-electron chi connectivity index (χ3n) is 6.41. The Labute approximate surface area is 198 Å². The van der Waals surface area contributed by atoms with Crippen LogP contribution in [0.25, 0.3) is 6.08 Å². The fraction of sp³-hybridized carbons (Fsp3) is 0.417.